The van der Waals surface area contributed by atoms with E-state index in [2.05, 4.69) is 16.0 Å². The third-order valence-corrected chi connectivity index (χ3v) is 4.43. The molecule has 26 heavy (non-hydrogen) atoms. The van der Waals surface area contributed by atoms with E-state index in [1.165, 1.54) is 12.1 Å². The van der Waals surface area contributed by atoms with Crippen molar-refractivity contribution in [3.8, 4) is 0 Å². The first-order valence-electron chi connectivity index (χ1n) is 7.85. The molecule has 2 aromatic carbocycles. The zero-order valence-corrected chi connectivity index (χ0v) is 16.5. The molecule has 0 saturated carbocycles. The van der Waals surface area contributed by atoms with E-state index in [1.807, 2.05) is 13.8 Å². The van der Waals surface area contributed by atoms with Crippen molar-refractivity contribution in [3.05, 3.63) is 51.5 Å². The fourth-order valence-corrected chi connectivity index (χ4v) is 2.58. The average molecular weight is 415 g/mol. The normalized spacial score (nSPS) is 10.5. The van der Waals surface area contributed by atoms with E-state index in [0.29, 0.717) is 32.1 Å². The van der Waals surface area contributed by atoms with Gasteiger partial charge in [0.2, 0.25) is 11.8 Å². The van der Waals surface area contributed by atoms with Crippen LogP contribution < -0.4 is 16.0 Å². The third kappa shape index (κ3) is 5.80. The molecule has 0 saturated heterocycles. The Kier molecular flexibility index (Phi) is 7.14. The van der Waals surface area contributed by atoms with Crippen molar-refractivity contribution in [2.24, 2.45) is 5.92 Å². The van der Waals surface area contributed by atoms with E-state index < -0.39 is 0 Å². The molecule has 0 aromatic heterocycles. The average Bonchev–Trinajstić information content (AvgIpc) is 2.58. The standard InChI is InChI=1S/C18H18Cl3N3O2/c1-10(2)18(26)23-12-5-3-4-11(6-12)22-9-17(25)24-16-8-14(20)13(19)7-15(16)21/h3-8,10,22H,9H2,1-2H3,(H,23,26)(H,24,25). The van der Waals surface area contributed by atoms with Crippen molar-refractivity contribution in [3.63, 3.8) is 0 Å². The van der Waals surface area contributed by atoms with Crippen LogP contribution in [0.4, 0.5) is 17.1 Å². The van der Waals surface area contributed by atoms with E-state index in [0.717, 1.165) is 0 Å². The Morgan fingerprint density at radius 1 is 0.923 bits per heavy atom. The number of halogens is 3. The molecule has 0 radical (unpaired) electrons. The SMILES string of the molecule is CC(C)C(=O)Nc1cccc(NCC(=O)Nc2cc(Cl)c(Cl)cc2Cl)c1. The maximum atomic E-state index is 12.1. The highest BCUT2D eigenvalue weighted by Gasteiger charge is 2.10. The van der Waals surface area contributed by atoms with Gasteiger partial charge in [-0.2, -0.15) is 0 Å². The Bertz CT molecular complexity index is 825. The summed E-state index contributed by atoms with van der Waals surface area (Å²) in [6.45, 7) is 3.64. The molecule has 2 aromatic rings. The van der Waals surface area contributed by atoms with Crippen molar-refractivity contribution in [1.82, 2.24) is 0 Å². The minimum atomic E-state index is -0.304. The molecule has 2 amide bonds. The van der Waals surface area contributed by atoms with Gasteiger partial charge in [0.25, 0.3) is 0 Å². The predicted octanol–water partition coefficient (Wildman–Crippen LogP) is 5.29. The monoisotopic (exact) mass is 413 g/mol. The minimum absolute atomic E-state index is 0.0121. The number of carbonyl (C=O) groups excluding carboxylic acids is 2. The smallest absolute Gasteiger partial charge is 0.243 e. The molecule has 0 fully saturated rings. The van der Waals surface area contributed by atoms with E-state index in [1.54, 1.807) is 24.3 Å². The second-order valence-corrected chi connectivity index (χ2v) is 7.09. The summed E-state index contributed by atoms with van der Waals surface area (Å²) < 4.78 is 0. The third-order valence-electron chi connectivity index (χ3n) is 3.39. The van der Waals surface area contributed by atoms with Gasteiger partial charge < -0.3 is 16.0 Å². The first-order valence-corrected chi connectivity index (χ1v) is 8.99. The summed E-state index contributed by atoms with van der Waals surface area (Å²) in [5.41, 5.74) is 1.73. The van der Waals surface area contributed by atoms with Crippen LogP contribution in [0.2, 0.25) is 15.1 Å². The van der Waals surface area contributed by atoms with Crippen molar-refractivity contribution in [2.45, 2.75) is 13.8 Å². The molecule has 0 heterocycles. The van der Waals surface area contributed by atoms with Crippen LogP contribution in [0.5, 0.6) is 0 Å². The van der Waals surface area contributed by atoms with Crippen LogP contribution in [0.25, 0.3) is 0 Å². The van der Waals surface area contributed by atoms with Gasteiger partial charge in [0.05, 0.1) is 27.3 Å². The van der Waals surface area contributed by atoms with Crippen LogP contribution in [0, 0.1) is 5.92 Å². The van der Waals surface area contributed by atoms with Crippen molar-refractivity contribution < 1.29 is 9.59 Å². The molecule has 8 heteroatoms. The van der Waals surface area contributed by atoms with Gasteiger partial charge in [0.1, 0.15) is 0 Å². The minimum Gasteiger partial charge on any atom is -0.376 e. The molecular formula is C18H18Cl3N3O2. The molecule has 0 aliphatic carbocycles. The highest BCUT2D eigenvalue weighted by atomic mass is 35.5. The molecule has 0 aliphatic rings. The van der Waals surface area contributed by atoms with Crippen LogP contribution >= 0.6 is 34.8 Å². The zero-order valence-electron chi connectivity index (χ0n) is 14.2. The Balaban J connectivity index is 1.95. The van der Waals surface area contributed by atoms with Gasteiger partial charge >= 0.3 is 0 Å². The fourth-order valence-electron chi connectivity index (χ4n) is 1.99. The fraction of sp³-hybridized carbons (Fsp3) is 0.222. The van der Waals surface area contributed by atoms with Crippen LogP contribution in [-0.4, -0.2) is 18.4 Å². The number of hydrogen-bond donors (Lipinski definition) is 3. The number of benzene rings is 2. The Labute approximate surface area is 167 Å². The second kappa shape index (κ2) is 9.12. The zero-order chi connectivity index (χ0) is 19.3. The highest BCUT2D eigenvalue weighted by Crippen LogP contribution is 2.32. The van der Waals surface area contributed by atoms with E-state index >= 15 is 0 Å². The Hall–Kier alpha value is -1.95. The predicted molar refractivity (Wildman–Crippen MR) is 109 cm³/mol. The maximum Gasteiger partial charge on any atom is 0.243 e. The van der Waals surface area contributed by atoms with Gasteiger partial charge in [-0.1, -0.05) is 54.7 Å². The van der Waals surface area contributed by atoms with Gasteiger partial charge in [0, 0.05) is 17.3 Å². The Morgan fingerprint density at radius 2 is 1.58 bits per heavy atom. The first kappa shape index (κ1) is 20.4. The summed E-state index contributed by atoms with van der Waals surface area (Å²) in [5, 5.41) is 9.37. The van der Waals surface area contributed by atoms with Crippen molar-refractivity contribution in [2.75, 3.05) is 22.5 Å². The Morgan fingerprint density at radius 3 is 2.27 bits per heavy atom. The summed E-state index contributed by atoms with van der Waals surface area (Å²) in [7, 11) is 0. The molecule has 0 atom stereocenters. The number of carbonyl (C=O) groups is 2. The molecular weight excluding hydrogens is 397 g/mol. The summed E-state index contributed by atoms with van der Waals surface area (Å²) in [6.07, 6.45) is 0. The largest absolute Gasteiger partial charge is 0.376 e. The van der Waals surface area contributed by atoms with E-state index in [-0.39, 0.29) is 24.3 Å². The van der Waals surface area contributed by atoms with Crippen LogP contribution in [0.3, 0.4) is 0 Å². The van der Waals surface area contributed by atoms with E-state index in [4.69, 9.17) is 34.8 Å². The number of rotatable bonds is 6. The lowest BCUT2D eigenvalue weighted by molar-refractivity contribution is -0.119. The van der Waals surface area contributed by atoms with Crippen LogP contribution in [0.15, 0.2) is 36.4 Å². The number of hydrogen-bond acceptors (Lipinski definition) is 3. The second-order valence-electron chi connectivity index (χ2n) is 5.87. The summed E-state index contributed by atoms with van der Waals surface area (Å²) >= 11 is 17.8. The van der Waals surface area contributed by atoms with Gasteiger partial charge in [-0.15, -0.1) is 0 Å². The molecule has 3 N–H and O–H groups in total. The van der Waals surface area contributed by atoms with Gasteiger partial charge in [-0.05, 0) is 30.3 Å². The molecule has 0 spiro atoms. The lowest BCUT2D eigenvalue weighted by atomic mass is 10.2. The van der Waals surface area contributed by atoms with Gasteiger partial charge in [-0.25, -0.2) is 0 Å². The van der Waals surface area contributed by atoms with Crippen molar-refractivity contribution in [1.29, 1.82) is 0 Å². The molecule has 5 nitrogen and oxygen atoms in total. The lowest BCUT2D eigenvalue weighted by Gasteiger charge is -2.12. The molecule has 0 unspecified atom stereocenters. The van der Waals surface area contributed by atoms with Gasteiger partial charge in [0.15, 0.2) is 0 Å². The van der Waals surface area contributed by atoms with Gasteiger partial charge in [-0.3, -0.25) is 9.59 Å². The topological polar surface area (TPSA) is 70.2 Å². The maximum absolute atomic E-state index is 12.1. The molecule has 0 bridgehead atoms. The van der Waals surface area contributed by atoms with Crippen LogP contribution in [-0.2, 0) is 9.59 Å². The number of anilines is 3. The first-order chi connectivity index (χ1) is 12.3. The molecule has 138 valence electrons. The molecule has 0 aliphatic heterocycles. The van der Waals surface area contributed by atoms with Crippen LogP contribution in [0.1, 0.15) is 13.8 Å². The summed E-state index contributed by atoms with van der Waals surface area (Å²) in [4.78, 5) is 23.9. The number of nitrogens with one attached hydrogen (secondary N) is 3. The summed E-state index contributed by atoms with van der Waals surface area (Å²) in [6, 6.07) is 10.1. The number of amides is 2. The quantitative estimate of drug-likeness (QED) is 0.562. The van der Waals surface area contributed by atoms with Crippen molar-refractivity contribution >= 4 is 63.7 Å². The highest BCUT2D eigenvalue weighted by molar-refractivity contribution is 6.44. The molecule has 2 rings (SSSR count). The summed E-state index contributed by atoms with van der Waals surface area (Å²) in [5.74, 6) is -0.496. The van der Waals surface area contributed by atoms with E-state index in [9.17, 15) is 9.59 Å². The lowest BCUT2D eigenvalue weighted by Crippen LogP contribution is -2.22.